The molecule has 0 bridgehead atoms. The first kappa shape index (κ1) is 18.2. The van der Waals surface area contributed by atoms with Crippen LogP contribution in [0.15, 0.2) is 29.2 Å². The summed E-state index contributed by atoms with van der Waals surface area (Å²) in [5, 5.41) is 14.5. The number of aliphatic hydroxyl groups is 1. The van der Waals surface area contributed by atoms with Gasteiger partial charge in [0.1, 0.15) is 0 Å². The number of hydrogen-bond donors (Lipinski definition) is 2. The maximum Gasteiger partial charge on any atom is 0.175 e. The van der Waals surface area contributed by atoms with Crippen molar-refractivity contribution >= 4 is 21.6 Å². The molecule has 24 heavy (non-hydrogen) atoms. The molecule has 0 radical (unpaired) electrons. The number of rotatable bonds is 5. The molecule has 134 valence electrons. The van der Waals surface area contributed by atoms with Gasteiger partial charge in [-0.15, -0.1) is 0 Å². The van der Waals surface area contributed by atoms with Gasteiger partial charge in [-0.2, -0.15) is 11.8 Å². The molecule has 3 rings (SSSR count). The summed E-state index contributed by atoms with van der Waals surface area (Å²) in [5.41, 5.74) is 1.14. The van der Waals surface area contributed by atoms with Crippen molar-refractivity contribution in [3.63, 3.8) is 0 Å². The van der Waals surface area contributed by atoms with Gasteiger partial charge in [-0.25, -0.2) is 8.42 Å². The molecule has 3 unspecified atom stereocenters. The Labute approximate surface area is 149 Å². The van der Waals surface area contributed by atoms with Crippen molar-refractivity contribution in [2.45, 2.75) is 66.9 Å². The largest absolute Gasteiger partial charge is 0.392 e. The first-order valence-corrected chi connectivity index (χ1v) is 11.7. The van der Waals surface area contributed by atoms with Crippen LogP contribution in [-0.4, -0.2) is 42.9 Å². The van der Waals surface area contributed by atoms with Crippen LogP contribution in [0.2, 0.25) is 0 Å². The van der Waals surface area contributed by atoms with E-state index in [1.54, 1.807) is 12.1 Å². The quantitative estimate of drug-likeness (QED) is 0.835. The number of piperidine rings is 1. The Morgan fingerprint density at radius 1 is 1.21 bits per heavy atom. The molecule has 2 N–H and O–H groups in total. The van der Waals surface area contributed by atoms with Crippen LogP contribution < -0.4 is 5.32 Å². The van der Waals surface area contributed by atoms with Crippen molar-refractivity contribution in [3.05, 3.63) is 29.8 Å². The van der Waals surface area contributed by atoms with E-state index in [1.165, 1.54) is 18.4 Å². The average molecular weight is 370 g/mol. The molecular weight excluding hydrogens is 342 g/mol. The highest BCUT2D eigenvalue weighted by atomic mass is 32.2. The highest BCUT2D eigenvalue weighted by Gasteiger charge is 2.29. The third-order valence-electron chi connectivity index (χ3n) is 5.11. The summed E-state index contributed by atoms with van der Waals surface area (Å²) >= 11 is 1.91. The van der Waals surface area contributed by atoms with Crippen molar-refractivity contribution in [3.8, 4) is 0 Å². The molecule has 0 amide bonds. The summed E-state index contributed by atoms with van der Waals surface area (Å²) < 4.78 is 23.1. The topological polar surface area (TPSA) is 66.4 Å². The average Bonchev–Trinajstić information content (AvgIpc) is 3.09. The SMILES string of the molecule is CS(=O)(=O)c1ccc(C2CCCC(C[C@H](O)C3CCCS3)N2)cc1. The maximum absolute atomic E-state index is 11.6. The van der Waals surface area contributed by atoms with Crippen LogP contribution in [0, 0.1) is 0 Å². The number of nitrogens with one attached hydrogen (secondary N) is 1. The van der Waals surface area contributed by atoms with E-state index in [2.05, 4.69) is 5.32 Å². The monoisotopic (exact) mass is 369 g/mol. The number of benzene rings is 1. The van der Waals surface area contributed by atoms with Gasteiger partial charge in [0.05, 0.1) is 11.0 Å². The second kappa shape index (κ2) is 7.77. The molecule has 0 aliphatic carbocycles. The second-order valence-electron chi connectivity index (χ2n) is 7.04. The molecule has 1 aromatic rings. The lowest BCUT2D eigenvalue weighted by Gasteiger charge is -2.33. The van der Waals surface area contributed by atoms with Gasteiger partial charge in [0.15, 0.2) is 9.84 Å². The van der Waals surface area contributed by atoms with Gasteiger partial charge in [0.25, 0.3) is 0 Å². The molecule has 2 aliphatic heterocycles. The summed E-state index contributed by atoms with van der Waals surface area (Å²) in [6, 6.07) is 7.81. The molecule has 4 atom stereocenters. The Morgan fingerprint density at radius 3 is 2.58 bits per heavy atom. The van der Waals surface area contributed by atoms with E-state index in [0.29, 0.717) is 16.2 Å². The predicted molar refractivity (Wildman–Crippen MR) is 99.2 cm³/mol. The van der Waals surface area contributed by atoms with Gasteiger partial charge in [0, 0.05) is 23.6 Å². The lowest BCUT2D eigenvalue weighted by atomic mass is 9.90. The minimum Gasteiger partial charge on any atom is -0.392 e. The summed E-state index contributed by atoms with van der Waals surface area (Å²) in [7, 11) is -3.14. The molecule has 0 spiro atoms. The first-order valence-electron chi connectivity index (χ1n) is 8.79. The molecule has 2 aliphatic rings. The van der Waals surface area contributed by atoms with Crippen LogP contribution in [0.4, 0.5) is 0 Å². The molecule has 2 fully saturated rings. The number of sulfone groups is 1. The molecular formula is C18H27NO3S2. The van der Waals surface area contributed by atoms with E-state index in [-0.39, 0.29) is 12.1 Å². The fourth-order valence-corrected chi connectivity index (χ4v) is 5.70. The minimum atomic E-state index is -3.14. The summed E-state index contributed by atoms with van der Waals surface area (Å²) in [5.74, 6) is 1.18. The van der Waals surface area contributed by atoms with E-state index < -0.39 is 9.84 Å². The fourth-order valence-electron chi connectivity index (χ4n) is 3.76. The molecule has 6 heteroatoms. The van der Waals surface area contributed by atoms with Crippen LogP contribution in [-0.2, 0) is 9.84 Å². The Balaban J connectivity index is 1.60. The van der Waals surface area contributed by atoms with Gasteiger partial charge >= 0.3 is 0 Å². The zero-order chi connectivity index (χ0) is 17.2. The Morgan fingerprint density at radius 2 is 1.96 bits per heavy atom. The van der Waals surface area contributed by atoms with Gasteiger partial charge < -0.3 is 10.4 Å². The van der Waals surface area contributed by atoms with Crippen molar-refractivity contribution < 1.29 is 13.5 Å². The van der Waals surface area contributed by atoms with Crippen LogP contribution in [0.5, 0.6) is 0 Å². The lowest BCUT2D eigenvalue weighted by molar-refractivity contribution is 0.133. The number of aliphatic hydroxyl groups excluding tert-OH is 1. The van der Waals surface area contributed by atoms with Crippen molar-refractivity contribution in [2.75, 3.05) is 12.0 Å². The molecule has 0 aromatic heterocycles. The van der Waals surface area contributed by atoms with Gasteiger partial charge in [-0.1, -0.05) is 18.6 Å². The first-order chi connectivity index (χ1) is 11.4. The Kier molecular flexibility index (Phi) is 5.90. The van der Waals surface area contributed by atoms with Crippen molar-refractivity contribution in [1.29, 1.82) is 0 Å². The Bertz CT molecular complexity index is 639. The zero-order valence-electron chi connectivity index (χ0n) is 14.1. The number of hydrogen-bond acceptors (Lipinski definition) is 5. The standard InChI is InChI=1S/C18H27NO3S2/c1-24(21,22)15-9-7-13(8-10-15)16-5-2-4-14(19-16)12-17(20)18-6-3-11-23-18/h7-10,14,16-20H,2-6,11-12H2,1H3/t14?,16?,17-,18?/m0/s1. The van der Waals surface area contributed by atoms with Crippen LogP contribution >= 0.6 is 11.8 Å². The van der Waals surface area contributed by atoms with E-state index >= 15 is 0 Å². The van der Waals surface area contributed by atoms with E-state index in [1.807, 2.05) is 23.9 Å². The van der Waals surface area contributed by atoms with E-state index in [0.717, 1.165) is 37.7 Å². The molecule has 2 heterocycles. The Hall–Kier alpha value is -0.560. The number of thioether (sulfide) groups is 1. The van der Waals surface area contributed by atoms with Crippen LogP contribution in [0.1, 0.15) is 50.1 Å². The molecule has 2 saturated heterocycles. The normalized spacial score (nSPS) is 29.5. The highest BCUT2D eigenvalue weighted by Crippen LogP contribution is 2.33. The van der Waals surface area contributed by atoms with E-state index in [9.17, 15) is 13.5 Å². The highest BCUT2D eigenvalue weighted by molar-refractivity contribution is 8.00. The third kappa shape index (κ3) is 4.54. The summed E-state index contributed by atoms with van der Waals surface area (Å²) in [6.45, 7) is 0. The second-order valence-corrected chi connectivity index (χ2v) is 10.4. The van der Waals surface area contributed by atoms with Crippen LogP contribution in [0.3, 0.4) is 0 Å². The summed E-state index contributed by atoms with van der Waals surface area (Å²) in [4.78, 5) is 0.368. The minimum absolute atomic E-state index is 0.221. The van der Waals surface area contributed by atoms with Crippen LogP contribution in [0.25, 0.3) is 0 Å². The zero-order valence-corrected chi connectivity index (χ0v) is 15.8. The fraction of sp³-hybridized carbons (Fsp3) is 0.667. The van der Waals surface area contributed by atoms with Gasteiger partial charge in [0.2, 0.25) is 0 Å². The van der Waals surface area contributed by atoms with Crippen molar-refractivity contribution in [1.82, 2.24) is 5.32 Å². The summed E-state index contributed by atoms with van der Waals surface area (Å²) in [6.07, 6.45) is 7.49. The lowest BCUT2D eigenvalue weighted by Crippen LogP contribution is -2.40. The smallest absolute Gasteiger partial charge is 0.175 e. The maximum atomic E-state index is 11.6. The predicted octanol–water partition coefficient (Wildman–Crippen LogP) is 2.92. The van der Waals surface area contributed by atoms with Gasteiger partial charge in [-0.3, -0.25) is 0 Å². The molecule has 0 saturated carbocycles. The van der Waals surface area contributed by atoms with Gasteiger partial charge in [-0.05, 0) is 55.6 Å². The third-order valence-corrected chi connectivity index (χ3v) is 7.74. The molecule has 1 aromatic carbocycles. The van der Waals surface area contributed by atoms with Crippen molar-refractivity contribution in [2.24, 2.45) is 0 Å². The van der Waals surface area contributed by atoms with E-state index in [4.69, 9.17) is 0 Å². The molecule has 4 nitrogen and oxygen atoms in total.